The second-order valence-corrected chi connectivity index (χ2v) is 12.9. The quantitative estimate of drug-likeness (QED) is 0.223. The highest BCUT2D eigenvalue weighted by Crippen LogP contribution is 2.57. The van der Waals surface area contributed by atoms with Crippen molar-refractivity contribution in [1.29, 1.82) is 0 Å². The fraction of sp³-hybridized carbons (Fsp3) is 0.579. The van der Waals surface area contributed by atoms with Crippen LogP contribution in [0.15, 0.2) is 68.3 Å². The molecule has 4 atom stereocenters. The number of aliphatic hydroxyl groups is 2. The molecule has 8 bridgehead atoms. The number of hydrogen-bond acceptors (Lipinski definition) is 5. The minimum Gasteiger partial charge on any atom is -0.396 e. The maximum absolute atomic E-state index is 10.3. The zero-order valence-corrected chi connectivity index (χ0v) is 27.9. The van der Waals surface area contributed by atoms with Gasteiger partial charge in [-0.1, -0.05) is 41.5 Å². The van der Waals surface area contributed by atoms with Gasteiger partial charge in [0, 0.05) is 35.4 Å². The molecule has 238 valence electrons. The van der Waals surface area contributed by atoms with Crippen molar-refractivity contribution in [2.75, 3.05) is 13.2 Å². The SMILES string of the molecule is CCC1=C(CCCO)C2(CCCO)N=C1C=c1ccc([nH]1)=CC1=NC(=CC3(CC)NC(CC)(C(CC)=C3CC)C2CC)C=C1. The van der Waals surface area contributed by atoms with Gasteiger partial charge in [-0.25, -0.2) is 4.99 Å². The van der Waals surface area contributed by atoms with Gasteiger partial charge in [-0.15, -0.1) is 0 Å². The molecule has 0 saturated carbocycles. The van der Waals surface area contributed by atoms with Gasteiger partial charge >= 0.3 is 0 Å². The first-order chi connectivity index (χ1) is 21.3. The van der Waals surface area contributed by atoms with Crippen LogP contribution in [0.4, 0.5) is 0 Å². The number of aromatic amines is 1. The third-order valence-electron chi connectivity index (χ3n) is 10.9. The fourth-order valence-electron chi connectivity index (χ4n) is 9.24. The third-order valence-corrected chi connectivity index (χ3v) is 10.9. The molecule has 5 heterocycles. The van der Waals surface area contributed by atoms with E-state index in [-0.39, 0.29) is 30.2 Å². The number of allylic oxidation sites excluding steroid dienone is 3. The summed E-state index contributed by atoms with van der Waals surface area (Å²) >= 11 is 0. The Morgan fingerprint density at radius 3 is 2.16 bits per heavy atom. The Balaban J connectivity index is 1.91. The van der Waals surface area contributed by atoms with Gasteiger partial charge < -0.3 is 15.2 Å². The molecule has 4 aliphatic heterocycles. The number of aliphatic imine (C=N–C) groups is 2. The van der Waals surface area contributed by atoms with E-state index in [1.807, 2.05) is 0 Å². The summed E-state index contributed by atoms with van der Waals surface area (Å²) < 4.78 is 0. The number of H-pyrrole nitrogens is 1. The molecule has 1 aromatic heterocycles. The molecule has 6 nitrogen and oxygen atoms in total. The summed E-state index contributed by atoms with van der Waals surface area (Å²) in [5.41, 5.74) is 7.62. The normalized spacial score (nSPS) is 29.5. The summed E-state index contributed by atoms with van der Waals surface area (Å²) in [4.78, 5) is 14.5. The lowest BCUT2D eigenvalue weighted by atomic mass is 9.61. The molecule has 0 radical (unpaired) electrons. The molecule has 5 rings (SSSR count). The number of nitrogens with zero attached hydrogens (tertiary/aromatic N) is 2. The van der Waals surface area contributed by atoms with Crippen molar-refractivity contribution in [3.8, 4) is 0 Å². The first-order valence-electron chi connectivity index (χ1n) is 17.3. The molecule has 0 fully saturated rings. The maximum atomic E-state index is 10.3. The smallest absolute Gasteiger partial charge is 0.0880 e. The summed E-state index contributed by atoms with van der Waals surface area (Å²) in [6, 6.07) is 4.24. The molecule has 44 heavy (non-hydrogen) atoms. The molecule has 0 aliphatic carbocycles. The summed E-state index contributed by atoms with van der Waals surface area (Å²) in [6.07, 6.45) is 19.6. The van der Waals surface area contributed by atoms with Crippen molar-refractivity contribution in [3.63, 3.8) is 0 Å². The van der Waals surface area contributed by atoms with Crippen LogP contribution in [0.25, 0.3) is 12.2 Å². The van der Waals surface area contributed by atoms with Gasteiger partial charge in [-0.2, -0.15) is 0 Å². The number of nitrogens with one attached hydrogen (secondary N) is 2. The van der Waals surface area contributed by atoms with E-state index in [1.54, 1.807) is 0 Å². The Morgan fingerprint density at radius 2 is 1.55 bits per heavy atom. The van der Waals surface area contributed by atoms with Crippen molar-refractivity contribution >= 4 is 23.6 Å². The van der Waals surface area contributed by atoms with Crippen molar-refractivity contribution in [2.24, 2.45) is 15.9 Å². The predicted molar refractivity (Wildman–Crippen MR) is 184 cm³/mol. The molecular weight excluding hydrogens is 544 g/mol. The lowest BCUT2D eigenvalue weighted by Crippen LogP contribution is -2.61. The van der Waals surface area contributed by atoms with E-state index >= 15 is 0 Å². The lowest BCUT2D eigenvalue weighted by Gasteiger charge is -2.50. The second-order valence-electron chi connectivity index (χ2n) is 12.9. The lowest BCUT2D eigenvalue weighted by molar-refractivity contribution is 0.132. The van der Waals surface area contributed by atoms with E-state index in [2.05, 4.69) is 94.4 Å². The van der Waals surface area contributed by atoms with Crippen LogP contribution < -0.4 is 16.0 Å². The fourth-order valence-corrected chi connectivity index (χ4v) is 9.24. The standard InChI is InChI=1S/C38H54N4O2/c1-7-30-33(15-13-21-43)38(20-14-22-44)35(10-4)37(12-6)32(9-3)31(8-2)36(11-5,42-37)25-29-19-18-27(40-29)23-26-16-17-28(39-26)24-34(30)41-38/h16-19,23-25,35,39,42-44H,7-15,20-22H2,1-6H3. The molecule has 0 saturated heterocycles. The van der Waals surface area contributed by atoms with Crippen LogP contribution in [0.3, 0.4) is 0 Å². The minimum atomic E-state index is -0.486. The average Bonchev–Trinajstić information content (AvgIpc) is 3.79. The first-order valence-corrected chi connectivity index (χ1v) is 17.3. The number of rotatable bonds is 12. The van der Waals surface area contributed by atoms with Crippen LogP contribution in [-0.4, -0.2) is 56.5 Å². The highest BCUT2D eigenvalue weighted by Gasteiger charge is 2.60. The highest BCUT2D eigenvalue weighted by molar-refractivity contribution is 6.22. The Bertz CT molecular complexity index is 1550. The number of aromatic nitrogens is 1. The summed E-state index contributed by atoms with van der Waals surface area (Å²) in [7, 11) is 0. The largest absolute Gasteiger partial charge is 0.396 e. The second kappa shape index (κ2) is 13.3. The molecule has 0 aromatic carbocycles. The van der Waals surface area contributed by atoms with Crippen molar-refractivity contribution in [3.05, 3.63) is 69.0 Å². The van der Waals surface area contributed by atoms with E-state index in [9.17, 15) is 10.2 Å². The van der Waals surface area contributed by atoms with E-state index in [1.165, 1.54) is 22.3 Å². The summed E-state index contributed by atoms with van der Waals surface area (Å²) in [5, 5.41) is 26.8. The van der Waals surface area contributed by atoms with Crippen LogP contribution in [-0.2, 0) is 0 Å². The third kappa shape index (κ3) is 5.27. The van der Waals surface area contributed by atoms with Gasteiger partial charge in [0.2, 0.25) is 0 Å². The molecule has 4 unspecified atom stereocenters. The monoisotopic (exact) mass is 598 g/mol. The van der Waals surface area contributed by atoms with E-state index in [0.29, 0.717) is 12.8 Å². The molecule has 0 spiro atoms. The molecule has 6 heteroatoms. The first kappa shape index (κ1) is 32.6. The number of fused-ring (bicyclic) bond motifs is 6. The average molecular weight is 599 g/mol. The van der Waals surface area contributed by atoms with E-state index in [0.717, 1.165) is 79.2 Å². The Morgan fingerprint density at radius 1 is 0.818 bits per heavy atom. The molecular formula is C38H54N4O2. The zero-order valence-electron chi connectivity index (χ0n) is 27.9. The van der Waals surface area contributed by atoms with E-state index in [4.69, 9.17) is 9.98 Å². The Labute approximate surface area is 264 Å². The number of hydrogen-bond donors (Lipinski definition) is 4. The van der Waals surface area contributed by atoms with Gasteiger partial charge in [-0.3, -0.25) is 10.3 Å². The van der Waals surface area contributed by atoms with Gasteiger partial charge in [0.1, 0.15) is 0 Å². The van der Waals surface area contributed by atoms with Crippen LogP contribution >= 0.6 is 0 Å². The van der Waals surface area contributed by atoms with Crippen molar-refractivity contribution < 1.29 is 10.2 Å². The van der Waals surface area contributed by atoms with Crippen LogP contribution in [0.5, 0.6) is 0 Å². The van der Waals surface area contributed by atoms with E-state index < -0.39 is 5.54 Å². The summed E-state index contributed by atoms with van der Waals surface area (Å²) in [5.74, 6) is 0.162. The topological polar surface area (TPSA) is 93.0 Å². The summed E-state index contributed by atoms with van der Waals surface area (Å²) in [6.45, 7) is 14.2. The Kier molecular flexibility index (Phi) is 9.84. The molecule has 1 aromatic rings. The zero-order chi connectivity index (χ0) is 31.5. The highest BCUT2D eigenvalue weighted by atomic mass is 16.3. The van der Waals surface area contributed by atoms with Gasteiger partial charge in [0.15, 0.2) is 0 Å². The van der Waals surface area contributed by atoms with Gasteiger partial charge in [-0.05, 0) is 129 Å². The minimum absolute atomic E-state index is 0.137. The van der Waals surface area contributed by atoms with Crippen LogP contribution in [0.1, 0.15) is 106 Å². The molecule has 4 N–H and O–H groups in total. The maximum Gasteiger partial charge on any atom is 0.0880 e. The Hall–Kier alpha value is -2.80. The number of aliphatic hydroxyl groups excluding tert-OH is 2. The van der Waals surface area contributed by atoms with Gasteiger partial charge in [0.25, 0.3) is 0 Å². The van der Waals surface area contributed by atoms with Crippen LogP contribution in [0, 0.1) is 5.92 Å². The predicted octanol–water partition coefficient (Wildman–Crippen LogP) is 5.97. The van der Waals surface area contributed by atoms with Crippen molar-refractivity contribution in [1.82, 2.24) is 10.3 Å². The molecule has 0 amide bonds. The van der Waals surface area contributed by atoms with Crippen LogP contribution in [0.2, 0.25) is 0 Å². The van der Waals surface area contributed by atoms with Gasteiger partial charge in [0.05, 0.1) is 28.2 Å². The van der Waals surface area contributed by atoms with Crippen molar-refractivity contribution in [2.45, 2.75) is 122 Å². The molecule has 4 aliphatic rings.